The van der Waals surface area contributed by atoms with Crippen molar-refractivity contribution in [3.63, 3.8) is 0 Å². The molecule has 0 atom stereocenters. The van der Waals surface area contributed by atoms with Crippen molar-refractivity contribution >= 4 is 12.2 Å². The fourth-order valence-electron chi connectivity index (χ4n) is 3.32. The van der Waals surface area contributed by atoms with Gasteiger partial charge in [-0.1, -0.05) is 18.9 Å². The number of allylic oxidation sites excluding steroid dienone is 1. The van der Waals surface area contributed by atoms with Crippen LogP contribution in [0.25, 0.3) is 0 Å². The van der Waals surface area contributed by atoms with Gasteiger partial charge in [0.1, 0.15) is 11.2 Å². The summed E-state index contributed by atoms with van der Waals surface area (Å²) in [6.45, 7) is 19.5. The monoisotopic (exact) mass is 439 g/mol. The summed E-state index contributed by atoms with van der Waals surface area (Å²) in [6, 6.07) is 0. The minimum atomic E-state index is -0.550. The number of rotatable bonds is 7. The number of hydrogen-bond donors (Lipinski definition) is 0. The van der Waals surface area contributed by atoms with Crippen LogP contribution in [0, 0.1) is 0 Å². The van der Waals surface area contributed by atoms with Gasteiger partial charge in [0.25, 0.3) is 0 Å². The molecule has 0 aromatic rings. The van der Waals surface area contributed by atoms with E-state index in [1.165, 1.54) is 19.3 Å². The Morgan fingerprint density at radius 2 is 1.16 bits per heavy atom. The van der Waals surface area contributed by atoms with E-state index < -0.39 is 11.2 Å². The van der Waals surface area contributed by atoms with Gasteiger partial charge in [0.05, 0.1) is 0 Å². The van der Waals surface area contributed by atoms with E-state index in [0.717, 1.165) is 32.5 Å². The van der Waals surface area contributed by atoms with E-state index >= 15 is 0 Å². The normalized spacial score (nSPS) is 16.8. The van der Waals surface area contributed by atoms with E-state index in [0.29, 0.717) is 26.2 Å². The van der Waals surface area contributed by atoms with Crippen molar-refractivity contribution in [3.05, 3.63) is 12.7 Å². The van der Waals surface area contributed by atoms with Crippen molar-refractivity contribution in [1.29, 1.82) is 0 Å². The average molecular weight is 440 g/mol. The topological polar surface area (TPSA) is 62.3 Å². The molecule has 0 N–H and O–H groups in total. The van der Waals surface area contributed by atoms with E-state index in [2.05, 4.69) is 11.5 Å². The minimum absolute atomic E-state index is 0.331. The van der Waals surface area contributed by atoms with Gasteiger partial charge in [0.15, 0.2) is 0 Å². The first-order valence-electron chi connectivity index (χ1n) is 11.7. The molecule has 0 aliphatic carbocycles. The molecule has 0 aromatic carbocycles. The third kappa shape index (κ3) is 12.6. The van der Waals surface area contributed by atoms with Gasteiger partial charge >= 0.3 is 12.2 Å². The highest BCUT2D eigenvalue weighted by Gasteiger charge is 2.27. The van der Waals surface area contributed by atoms with Crippen LogP contribution < -0.4 is 0 Å². The summed E-state index contributed by atoms with van der Waals surface area (Å²) >= 11 is 0. The maximum absolute atomic E-state index is 12.7. The summed E-state index contributed by atoms with van der Waals surface area (Å²) in [5.74, 6) is 0. The van der Waals surface area contributed by atoms with Crippen molar-refractivity contribution < 1.29 is 19.1 Å². The Bertz CT molecular complexity index is 526. The highest BCUT2D eigenvalue weighted by atomic mass is 16.6. The third-order valence-electron chi connectivity index (χ3n) is 4.95. The lowest BCUT2D eigenvalue weighted by Crippen LogP contribution is -2.44. The molecule has 2 amide bonds. The Morgan fingerprint density at radius 3 is 1.58 bits per heavy atom. The number of carbonyl (C=O) groups excluding carboxylic acids is 2. The molecule has 0 unspecified atom stereocenters. The van der Waals surface area contributed by atoms with E-state index in [4.69, 9.17) is 9.47 Å². The zero-order valence-electron chi connectivity index (χ0n) is 20.7. The molecule has 1 fully saturated rings. The molecule has 7 nitrogen and oxygen atoms in total. The molecule has 1 saturated heterocycles. The number of nitrogens with zero attached hydrogens (tertiary/aromatic N) is 3. The molecule has 0 aromatic heterocycles. The number of ether oxygens (including phenoxy) is 2. The summed E-state index contributed by atoms with van der Waals surface area (Å²) in [5.41, 5.74) is -1.10. The van der Waals surface area contributed by atoms with Crippen LogP contribution in [0.4, 0.5) is 9.59 Å². The molecular weight excluding hydrogens is 394 g/mol. The van der Waals surface area contributed by atoms with Gasteiger partial charge in [0, 0.05) is 39.3 Å². The van der Waals surface area contributed by atoms with Crippen LogP contribution in [-0.2, 0) is 9.47 Å². The quantitative estimate of drug-likeness (QED) is 0.416. The molecule has 31 heavy (non-hydrogen) atoms. The largest absolute Gasteiger partial charge is 0.444 e. The first kappa shape index (κ1) is 27.3. The smallest absolute Gasteiger partial charge is 0.410 e. The Morgan fingerprint density at radius 1 is 0.742 bits per heavy atom. The van der Waals surface area contributed by atoms with Crippen molar-refractivity contribution in [2.45, 2.75) is 84.8 Å². The van der Waals surface area contributed by atoms with Crippen LogP contribution in [0.2, 0.25) is 0 Å². The summed E-state index contributed by atoms with van der Waals surface area (Å²) in [4.78, 5) is 31.2. The zero-order valence-corrected chi connectivity index (χ0v) is 20.7. The molecule has 180 valence electrons. The molecule has 7 heteroatoms. The lowest BCUT2D eigenvalue weighted by molar-refractivity contribution is 0.0154. The molecule has 1 aliphatic rings. The first-order valence-corrected chi connectivity index (χ1v) is 11.7. The number of hydrogen-bond acceptors (Lipinski definition) is 5. The summed E-state index contributed by atoms with van der Waals surface area (Å²) in [6.07, 6.45) is 7.05. The summed E-state index contributed by atoms with van der Waals surface area (Å²) in [7, 11) is 0. The number of unbranched alkanes of at least 4 members (excludes halogenated alkanes) is 4. The second-order valence-corrected chi connectivity index (χ2v) is 10.3. The maximum atomic E-state index is 12.7. The van der Waals surface area contributed by atoms with Crippen molar-refractivity contribution in [1.82, 2.24) is 14.7 Å². The van der Waals surface area contributed by atoms with Crippen LogP contribution in [0.3, 0.4) is 0 Å². The molecule has 0 radical (unpaired) electrons. The number of carbonyl (C=O) groups is 2. The highest BCUT2D eigenvalue weighted by molar-refractivity contribution is 5.69. The molecule has 1 aliphatic heterocycles. The highest BCUT2D eigenvalue weighted by Crippen LogP contribution is 2.14. The molecule has 0 saturated carbocycles. The Balaban J connectivity index is 2.77. The lowest BCUT2D eigenvalue weighted by Gasteiger charge is -2.30. The van der Waals surface area contributed by atoms with Crippen molar-refractivity contribution in [2.75, 3.05) is 45.8 Å². The van der Waals surface area contributed by atoms with Gasteiger partial charge in [-0.25, -0.2) is 9.59 Å². The Kier molecular flexibility index (Phi) is 11.4. The van der Waals surface area contributed by atoms with Crippen LogP contribution in [0.5, 0.6) is 0 Å². The maximum Gasteiger partial charge on any atom is 0.410 e. The predicted octanol–water partition coefficient (Wildman–Crippen LogP) is 4.91. The molecule has 0 bridgehead atoms. The average Bonchev–Trinajstić information content (AvgIpc) is 2.72. The van der Waals surface area contributed by atoms with E-state index in [9.17, 15) is 9.59 Å². The third-order valence-corrected chi connectivity index (χ3v) is 4.95. The van der Waals surface area contributed by atoms with Gasteiger partial charge in [-0.2, -0.15) is 0 Å². The Hall–Kier alpha value is -1.76. The number of amides is 2. The van der Waals surface area contributed by atoms with Crippen molar-refractivity contribution in [3.8, 4) is 0 Å². The zero-order chi connectivity index (χ0) is 23.5. The predicted molar refractivity (Wildman–Crippen MR) is 125 cm³/mol. The van der Waals surface area contributed by atoms with Gasteiger partial charge in [0.2, 0.25) is 0 Å². The van der Waals surface area contributed by atoms with Gasteiger partial charge < -0.3 is 19.3 Å². The lowest BCUT2D eigenvalue weighted by atomic mass is 10.1. The van der Waals surface area contributed by atoms with Crippen LogP contribution >= 0.6 is 0 Å². The fourth-order valence-corrected chi connectivity index (χ4v) is 3.32. The SMILES string of the molecule is C=CCCCCCCN1CCN(C(=O)OC(C)(C)C)CCN(C(=O)OC(C)(C)C)CC1. The van der Waals surface area contributed by atoms with Crippen LogP contribution in [0.15, 0.2) is 12.7 Å². The van der Waals surface area contributed by atoms with Gasteiger partial charge in [-0.15, -0.1) is 6.58 Å². The van der Waals surface area contributed by atoms with Crippen LogP contribution in [0.1, 0.15) is 73.6 Å². The summed E-state index contributed by atoms with van der Waals surface area (Å²) in [5, 5.41) is 0. The molecule has 0 spiro atoms. The second kappa shape index (κ2) is 12.9. The van der Waals surface area contributed by atoms with Crippen LogP contribution in [-0.4, -0.2) is 83.9 Å². The minimum Gasteiger partial charge on any atom is -0.444 e. The van der Waals surface area contributed by atoms with E-state index in [1.54, 1.807) is 9.80 Å². The second-order valence-electron chi connectivity index (χ2n) is 10.3. The van der Waals surface area contributed by atoms with Crippen molar-refractivity contribution in [2.24, 2.45) is 0 Å². The first-order chi connectivity index (χ1) is 14.4. The summed E-state index contributed by atoms with van der Waals surface area (Å²) < 4.78 is 11.2. The Labute approximate surface area is 189 Å². The van der Waals surface area contributed by atoms with E-state index in [-0.39, 0.29) is 12.2 Å². The molecule has 1 rings (SSSR count). The standard InChI is InChI=1S/C24H45N3O4/c1-8-9-10-11-12-13-14-25-15-17-26(21(28)30-23(2,3)4)19-20-27(18-16-25)22(29)31-24(5,6)7/h8H,1,9-20H2,2-7H3. The van der Waals surface area contributed by atoms with Gasteiger partial charge in [-0.05, 0) is 67.3 Å². The fraction of sp³-hybridized carbons (Fsp3) is 0.833. The van der Waals surface area contributed by atoms with Gasteiger partial charge in [-0.3, -0.25) is 4.90 Å². The van der Waals surface area contributed by atoms with E-state index in [1.807, 2.05) is 47.6 Å². The molecule has 1 heterocycles. The molecular formula is C24H45N3O4.